The highest BCUT2D eigenvalue weighted by molar-refractivity contribution is 4.92. The van der Waals surface area contributed by atoms with E-state index in [0.29, 0.717) is 0 Å². The van der Waals surface area contributed by atoms with Gasteiger partial charge in [-0.3, -0.25) is 0 Å². The summed E-state index contributed by atoms with van der Waals surface area (Å²) < 4.78 is 1.95. The van der Waals surface area contributed by atoms with Crippen LogP contribution >= 0.6 is 0 Å². The fraction of sp³-hybridized carbons (Fsp3) is 0.667. The Hall–Kier alpha value is -0.900. The number of nitrogens with two attached hydrogens (primary N) is 1. The zero-order valence-corrected chi connectivity index (χ0v) is 5.70. The van der Waals surface area contributed by atoms with Crippen molar-refractivity contribution in [3.05, 3.63) is 12.2 Å². The third kappa shape index (κ3) is 0.724. The fourth-order valence-electron chi connectivity index (χ4n) is 1.33. The van der Waals surface area contributed by atoms with Crippen molar-refractivity contribution in [1.82, 2.24) is 14.8 Å². The van der Waals surface area contributed by atoms with E-state index < -0.39 is 0 Å². The second-order valence-electron chi connectivity index (χ2n) is 2.61. The van der Waals surface area contributed by atoms with E-state index in [4.69, 9.17) is 5.73 Å². The number of aryl methyl sites for hydroxylation is 1. The summed E-state index contributed by atoms with van der Waals surface area (Å²) >= 11 is 0. The third-order valence-corrected chi connectivity index (χ3v) is 1.90. The summed E-state index contributed by atoms with van der Waals surface area (Å²) in [5.41, 5.74) is 5.77. The molecule has 0 aliphatic carbocycles. The number of aromatic nitrogens is 3. The van der Waals surface area contributed by atoms with Crippen molar-refractivity contribution in [2.45, 2.75) is 25.4 Å². The van der Waals surface area contributed by atoms with Crippen LogP contribution in [0.2, 0.25) is 0 Å². The smallest absolute Gasteiger partial charge is 0.134 e. The standard InChI is InChI=1S/C6H10N4/c7-5-2-1-3-6-9-8-4-10(5)6/h4-5H,1-3,7H2. The van der Waals surface area contributed by atoms with Gasteiger partial charge in [-0.15, -0.1) is 10.2 Å². The molecule has 1 aromatic rings. The van der Waals surface area contributed by atoms with Gasteiger partial charge in [-0.1, -0.05) is 0 Å². The molecule has 0 spiro atoms. The van der Waals surface area contributed by atoms with Gasteiger partial charge in [-0.2, -0.15) is 0 Å². The summed E-state index contributed by atoms with van der Waals surface area (Å²) in [5, 5.41) is 7.73. The molecule has 0 fully saturated rings. The van der Waals surface area contributed by atoms with Gasteiger partial charge in [0.2, 0.25) is 0 Å². The average molecular weight is 138 g/mol. The van der Waals surface area contributed by atoms with Crippen LogP contribution in [0.1, 0.15) is 24.8 Å². The van der Waals surface area contributed by atoms with E-state index in [1.807, 2.05) is 4.57 Å². The quantitative estimate of drug-likeness (QED) is 0.552. The van der Waals surface area contributed by atoms with Crippen LogP contribution in [0.5, 0.6) is 0 Å². The summed E-state index contributed by atoms with van der Waals surface area (Å²) in [7, 11) is 0. The Kier molecular flexibility index (Phi) is 1.20. The molecule has 0 amide bonds. The van der Waals surface area contributed by atoms with E-state index in [1.165, 1.54) is 0 Å². The normalized spacial score (nSPS) is 24.3. The molecule has 0 saturated heterocycles. The van der Waals surface area contributed by atoms with Gasteiger partial charge < -0.3 is 10.3 Å². The summed E-state index contributed by atoms with van der Waals surface area (Å²) in [4.78, 5) is 0. The molecule has 0 aromatic carbocycles. The van der Waals surface area contributed by atoms with Crippen molar-refractivity contribution >= 4 is 0 Å². The van der Waals surface area contributed by atoms with E-state index in [0.717, 1.165) is 25.1 Å². The lowest BCUT2D eigenvalue weighted by Crippen LogP contribution is -2.24. The molecule has 1 aromatic heterocycles. The van der Waals surface area contributed by atoms with Crippen LogP contribution in [-0.4, -0.2) is 14.8 Å². The Morgan fingerprint density at radius 1 is 1.70 bits per heavy atom. The Bertz CT molecular complexity index is 229. The van der Waals surface area contributed by atoms with E-state index in [2.05, 4.69) is 10.2 Å². The highest BCUT2D eigenvalue weighted by atomic mass is 15.3. The summed E-state index contributed by atoms with van der Waals surface area (Å²) in [5.74, 6) is 1.03. The molecular weight excluding hydrogens is 128 g/mol. The van der Waals surface area contributed by atoms with Crippen LogP contribution in [0.25, 0.3) is 0 Å². The molecule has 1 aliphatic heterocycles. The Labute approximate surface area is 59.1 Å². The van der Waals surface area contributed by atoms with Gasteiger partial charge in [0.05, 0.1) is 6.17 Å². The van der Waals surface area contributed by atoms with Crippen molar-refractivity contribution in [1.29, 1.82) is 0 Å². The summed E-state index contributed by atoms with van der Waals surface area (Å²) in [6, 6.07) is 0. The first-order chi connectivity index (χ1) is 4.88. The minimum atomic E-state index is 0.110. The summed E-state index contributed by atoms with van der Waals surface area (Å²) in [6.07, 6.45) is 5.02. The molecule has 2 N–H and O–H groups in total. The van der Waals surface area contributed by atoms with Crippen LogP contribution in [-0.2, 0) is 6.42 Å². The topological polar surface area (TPSA) is 56.7 Å². The van der Waals surface area contributed by atoms with E-state index in [9.17, 15) is 0 Å². The number of rotatable bonds is 0. The lowest BCUT2D eigenvalue weighted by molar-refractivity contribution is 0.408. The van der Waals surface area contributed by atoms with Crippen molar-refractivity contribution < 1.29 is 0 Å². The second-order valence-corrected chi connectivity index (χ2v) is 2.61. The lowest BCUT2D eigenvalue weighted by atomic mass is 10.1. The van der Waals surface area contributed by atoms with Gasteiger partial charge in [0.1, 0.15) is 12.2 Å². The predicted octanol–water partition coefficient (Wildman–Crippen LogP) is 0.0717. The van der Waals surface area contributed by atoms with Crippen LogP contribution in [0.4, 0.5) is 0 Å². The first kappa shape index (κ1) is 5.85. The van der Waals surface area contributed by atoms with Crippen LogP contribution in [0.15, 0.2) is 6.33 Å². The molecule has 10 heavy (non-hydrogen) atoms. The monoisotopic (exact) mass is 138 g/mol. The minimum absolute atomic E-state index is 0.110. The molecule has 0 saturated carbocycles. The molecule has 54 valence electrons. The maximum absolute atomic E-state index is 5.77. The van der Waals surface area contributed by atoms with Gasteiger partial charge in [0.15, 0.2) is 0 Å². The van der Waals surface area contributed by atoms with E-state index in [1.54, 1.807) is 6.33 Å². The lowest BCUT2D eigenvalue weighted by Gasteiger charge is -2.19. The maximum Gasteiger partial charge on any atom is 0.134 e. The second kappa shape index (κ2) is 2.05. The van der Waals surface area contributed by atoms with Gasteiger partial charge >= 0.3 is 0 Å². The van der Waals surface area contributed by atoms with Gasteiger partial charge in [-0.05, 0) is 12.8 Å². The molecule has 2 rings (SSSR count). The van der Waals surface area contributed by atoms with Crippen molar-refractivity contribution in [3.8, 4) is 0 Å². The van der Waals surface area contributed by atoms with Gasteiger partial charge in [0, 0.05) is 6.42 Å². The van der Waals surface area contributed by atoms with Gasteiger partial charge in [0.25, 0.3) is 0 Å². The molecule has 1 aliphatic rings. The number of nitrogens with zero attached hydrogens (tertiary/aromatic N) is 3. The minimum Gasteiger partial charge on any atom is -0.311 e. The first-order valence-electron chi connectivity index (χ1n) is 3.52. The van der Waals surface area contributed by atoms with Crippen LogP contribution in [0, 0.1) is 0 Å². The van der Waals surface area contributed by atoms with Crippen molar-refractivity contribution in [2.24, 2.45) is 5.73 Å². The number of hydrogen-bond donors (Lipinski definition) is 1. The average Bonchev–Trinajstić information content (AvgIpc) is 2.36. The molecular formula is C6H10N4. The third-order valence-electron chi connectivity index (χ3n) is 1.90. The van der Waals surface area contributed by atoms with Crippen LogP contribution in [0.3, 0.4) is 0 Å². The van der Waals surface area contributed by atoms with Crippen molar-refractivity contribution in [3.63, 3.8) is 0 Å². The summed E-state index contributed by atoms with van der Waals surface area (Å²) in [6.45, 7) is 0. The van der Waals surface area contributed by atoms with E-state index >= 15 is 0 Å². The Balaban J connectivity index is 2.41. The molecule has 4 nitrogen and oxygen atoms in total. The van der Waals surface area contributed by atoms with Crippen LogP contribution < -0.4 is 5.73 Å². The Morgan fingerprint density at radius 2 is 2.60 bits per heavy atom. The SMILES string of the molecule is NC1CCCc2nncn21. The molecule has 0 radical (unpaired) electrons. The number of hydrogen-bond acceptors (Lipinski definition) is 3. The Morgan fingerprint density at radius 3 is 3.40 bits per heavy atom. The molecule has 4 heteroatoms. The maximum atomic E-state index is 5.77. The fourth-order valence-corrected chi connectivity index (χ4v) is 1.33. The molecule has 1 atom stereocenters. The largest absolute Gasteiger partial charge is 0.311 e. The zero-order chi connectivity index (χ0) is 6.97. The highest BCUT2D eigenvalue weighted by Gasteiger charge is 2.15. The van der Waals surface area contributed by atoms with Gasteiger partial charge in [-0.25, -0.2) is 0 Å². The molecule has 1 unspecified atom stereocenters. The highest BCUT2D eigenvalue weighted by Crippen LogP contribution is 2.17. The molecule has 0 bridgehead atoms. The van der Waals surface area contributed by atoms with E-state index in [-0.39, 0.29) is 6.17 Å². The predicted molar refractivity (Wildman–Crippen MR) is 36.2 cm³/mol. The zero-order valence-electron chi connectivity index (χ0n) is 5.70. The first-order valence-corrected chi connectivity index (χ1v) is 3.52. The number of fused-ring (bicyclic) bond motifs is 1. The molecule has 2 heterocycles. The van der Waals surface area contributed by atoms with Crippen molar-refractivity contribution in [2.75, 3.05) is 0 Å².